The molecule has 0 amide bonds. The van der Waals surface area contributed by atoms with Crippen molar-refractivity contribution in [3.05, 3.63) is 34.8 Å². The van der Waals surface area contributed by atoms with Crippen molar-refractivity contribution in [3.8, 4) is 10.6 Å². The molecule has 0 atom stereocenters. The first-order chi connectivity index (χ1) is 9.28. The number of nitrogens with one attached hydrogen (secondary N) is 1. The summed E-state index contributed by atoms with van der Waals surface area (Å²) in [5, 5.41) is 4.37. The summed E-state index contributed by atoms with van der Waals surface area (Å²) in [7, 11) is 1.99. The number of thioether (sulfide) groups is 1. The normalized spacial score (nSPS) is 10.9. The Hall–Kier alpha value is -0.840. The second-order valence-electron chi connectivity index (χ2n) is 4.40. The maximum absolute atomic E-state index is 4.82. The lowest BCUT2D eigenvalue weighted by molar-refractivity contribution is 0.798. The third-order valence-electron chi connectivity index (χ3n) is 2.94. The molecule has 4 heteroatoms. The van der Waals surface area contributed by atoms with Crippen LogP contribution in [0.2, 0.25) is 0 Å². The van der Waals surface area contributed by atoms with Gasteiger partial charge in [-0.25, -0.2) is 4.98 Å². The van der Waals surface area contributed by atoms with Crippen LogP contribution in [0.4, 0.5) is 0 Å². The Kier molecular flexibility index (Phi) is 5.43. The Balaban J connectivity index is 2.30. The van der Waals surface area contributed by atoms with E-state index in [1.807, 2.05) is 18.4 Å². The molecule has 0 saturated heterocycles. The standard InChI is InChI=1S/C15H20N2S2/c1-4-5-13-14(10-16-2)19-15(17-13)11-6-8-12(18-3)9-7-11/h6-9,16H,4-5,10H2,1-3H3. The van der Waals surface area contributed by atoms with Gasteiger partial charge in [0.1, 0.15) is 5.01 Å². The van der Waals surface area contributed by atoms with E-state index in [9.17, 15) is 0 Å². The van der Waals surface area contributed by atoms with Gasteiger partial charge in [0.15, 0.2) is 0 Å². The highest BCUT2D eigenvalue weighted by Crippen LogP contribution is 2.30. The molecule has 19 heavy (non-hydrogen) atoms. The number of hydrogen-bond acceptors (Lipinski definition) is 4. The van der Waals surface area contributed by atoms with Crippen LogP contribution in [0.5, 0.6) is 0 Å². The van der Waals surface area contributed by atoms with E-state index in [4.69, 9.17) is 4.98 Å². The van der Waals surface area contributed by atoms with Crippen molar-refractivity contribution >= 4 is 23.1 Å². The summed E-state index contributed by atoms with van der Waals surface area (Å²) >= 11 is 3.58. The molecule has 2 rings (SSSR count). The highest BCUT2D eigenvalue weighted by Gasteiger charge is 2.11. The molecule has 0 aliphatic carbocycles. The van der Waals surface area contributed by atoms with Gasteiger partial charge in [-0.2, -0.15) is 0 Å². The van der Waals surface area contributed by atoms with Crippen molar-refractivity contribution in [3.63, 3.8) is 0 Å². The van der Waals surface area contributed by atoms with E-state index >= 15 is 0 Å². The Morgan fingerprint density at radius 3 is 2.58 bits per heavy atom. The highest BCUT2D eigenvalue weighted by atomic mass is 32.2. The van der Waals surface area contributed by atoms with Crippen molar-refractivity contribution in [2.75, 3.05) is 13.3 Å². The van der Waals surface area contributed by atoms with Gasteiger partial charge in [0, 0.05) is 21.9 Å². The molecule has 2 nitrogen and oxygen atoms in total. The van der Waals surface area contributed by atoms with Crippen molar-refractivity contribution in [1.82, 2.24) is 10.3 Å². The van der Waals surface area contributed by atoms with Gasteiger partial charge in [-0.1, -0.05) is 25.5 Å². The third kappa shape index (κ3) is 3.59. The maximum Gasteiger partial charge on any atom is 0.123 e. The topological polar surface area (TPSA) is 24.9 Å². The second kappa shape index (κ2) is 7.08. The van der Waals surface area contributed by atoms with Gasteiger partial charge in [-0.15, -0.1) is 23.1 Å². The number of rotatable bonds is 6. The molecule has 1 aromatic carbocycles. The fourth-order valence-electron chi connectivity index (χ4n) is 1.97. The zero-order valence-electron chi connectivity index (χ0n) is 11.7. The lowest BCUT2D eigenvalue weighted by Gasteiger charge is -1.98. The van der Waals surface area contributed by atoms with Crippen LogP contribution in [0.1, 0.15) is 23.9 Å². The minimum absolute atomic E-state index is 0.913. The second-order valence-corrected chi connectivity index (χ2v) is 6.36. The largest absolute Gasteiger partial charge is 0.315 e. The first-order valence-electron chi connectivity index (χ1n) is 6.56. The maximum atomic E-state index is 4.82. The summed E-state index contributed by atoms with van der Waals surface area (Å²) in [4.78, 5) is 7.48. The van der Waals surface area contributed by atoms with E-state index in [0.717, 1.165) is 24.4 Å². The molecule has 0 unspecified atom stereocenters. The van der Waals surface area contributed by atoms with Gasteiger partial charge in [-0.3, -0.25) is 0 Å². The van der Waals surface area contributed by atoms with E-state index in [2.05, 4.69) is 42.8 Å². The predicted octanol–water partition coefficient (Wildman–Crippen LogP) is 4.20. The molecule has 1 heterocycles. The molecule has 0 aliphatic heterocycles. The zero-order valence-corrected chi connectivity index (χ0v) is 13.3. The molecular weight excluding hydrogens is 272 g/mol. The van der Waals surface area contributed by atoms with Gasteiger partial charge in [0.2, 0.25) is 0 Å². The monoisotopic (exact) mass is 292 g/mol. The summed E-state index contributed by atoms with van der Waals surface area (Å²) < 4.78 is 0. The number of benzene rings is 1. The average Bonchev–Trinajstić information content (AvgIpc) is 2.83. The van der Waals surface area contributed by atoms with E-state index in [0.29, 0.717) is 0 Å². The first-order valence-corrected chi connectivity index (χ1v) is 8.60. The Bertz CT molecular complexity index is 494. The molecule has 0 fully saturated rings. The number of aryl methyl sites for hydroxylation is 1. The highest BCUT2D eigenvalue weighted by molar-refractivity contribution is 7.98. The average molecular weight is 292 g/mol. The van der Waals surface area contributed by atoms with Crippen molar-refractivity contribution in [2.24, 2.45) is 0 Å². The number of hydrogen-bond donors (Lipinski definition) is 1. The Labute approximate surface area is 123 Å². The molecular formula is C15H20N2S2. The van der Waals surface area contributed by atoms with Crippen LogP contribution >= 0.6 is 23.1 Å². The zero-order chi connectivity index (χ0) is 13.7. The summed E-state index contributed by atoms with van der Waals surface area (Å²) in [6.45, 7) is 3.12. The van der Waals surface area contributed by atoms with Crippen LogP contribution in [-0.4, -0.2) is 18.3 Å². The van der Waals surface area contributed by atoms with E-state index < -0.39 is 0 Å². The number of aromatic nitrogens is 1. The lowest BCUT2D eigenvalue weighted by Crippen LogP contribution is -2.05. The fraction of sp³-hybridized carbons (Fsp3) is 0.400. The Morgan fingerprint density at radius 2 is 2.00 bits per heavy atom. The Morgan fingerprint density at radius 1 is 1.26 bits per heavy atom. The van der Waals surface area contributed by atoms with Crippen LogP contribution in [0.15, 0.2) is 29.2 Å². The smallest absolute Gasteiger partial charge is 0.123 e. The molecule has 0 bridgehead atoms. The first kappa shape index (κ1) is 14.6. The molecule has 0 aliphatic rings. The van der Waals surface area contributed by atoms with E-state index in [1.165, 1.54) is 21.0 Å². The van der Waals surface area contributed by atoms with Crippen LogP contribution < -0.4 is 5.32 Å². The van der Waals surface area contributed by atoms with Crippen molar-refractivity contribution < 1.29 is 0 Å². The summed E-state index contributed by atoms with van der Waals surface area (Å²) in [6, 6.07) is 8.67. The van der Waals surface area contributed by atoms with E-state index in [1.54, 1.807) is 11.8 Å². The fourth-order valence-corrected chi connectivity index (χ4v) is 3.50. The molecule has 0 spiro atoms. The van der Waals surface area contributed by atoms with Crippen molar-refractivity contribution in [2.45, 2.75) is 31.2 Å². The molecule has 0 radical (unpaired) electrons. The lowest BCUT2D eigenvalue weighted by atomic mass is 10.2. The quantitative estimate of drug-likeness (QED) is 0.808. The predicted molar refractivity (Wildman–Crippen MR) is 86.1 cm³/mol. The minimum atomic E-state index is 0.913. The molecule has 2 aromatic rings. The van der Waals surface area contributed by atoms with Gasteiger partial charge >= 0.3 is 0 Å². The minimum Gasteiger partial charge on any atom is -0.315 e. The van der Waals surface area contributed by atoms with Crippen LogP contribution in [-0.2, 0) is 13.0 Å². The van der Waals surface area contributed by atoms with Gasteiger partial charge in [0.25, 0.3) is 0 Å². The van der Waals surface area contributed by atoms with Crippen LogP contribution in [0.3, 0.4) is 0 Å². The number of nitrogens with zero attached hydrogens (tertiary/aromatic N) is 1. The van der Waals surface area contributed by atoms with Gasteiger partial charge in [-0.05, 0) is 31.9 Å². The number of thiazole rings is 1. The molecule has 0 saturated carbocycles. The van der Waals surface area contributed by atoms with Gasteiger partial charge < -0.3 is 5.32 Å². The SMILES string of the molecule is CCCc1nc(-c2ccc(SC)cc2)sc1CNC. The van der Waals surface area contributed by atoms with Crippen LogP contribution in [0, 0.1) is 0 Å². The molecule has 1 N–H and O–H groups in total. The summed E-state index contributed by atoms with van der Waals surface area (Å²) in [5.41, 5.74) is 2.48. The van der Waals surface area contributed by atoms with Crippen LogP contribution in [0.25, 0.3) is 10.6 Å². The summed E-state index contributed by atoms with van der Waals surface area (Å²) in [6.07, 6.45) is 4.31. The van der Waals surface area contributed by atoms with E-state index in [-0.39, 0.29) is 0 Å². The summed E-state index contributed by atoms with van der Waals surface area (Å²) in [5.74, 6) is 0. The molecule has 1 aromatic heterocycles. The molecule has 102 valence electrons. The van der Waals surface area contributed by atoms with Gasteiger partial charge in [0.05, 0.1) is 5.69 Å². The van der Waals surface area contributed by atoms with Crippen molar-refractivity contribution in [1.29, 1.82) is 0 Å². The third-order valence-corrected chi connectivity index (χ3v) is 4.83.